The smallest absolute Gasteiger partial charge is 0.248 e. The van der Waals surface area contributed by atoms with E-state index in [1.165, 1.54) is 6.07 Å². The van der Waals surface area contributed by atoms with Gasteiger partial charge in [-0.05, 0) is 31.2 Å². The van der Waals surface area contributed by atoms with Crippen LogP contribution in [-0.2, 0) is 0 Å². The summed E-state index contributed by atoms with van der Waals surface area (Å²) in [6.45, 7) is 1.81. The van der Waals surface area contributed by atoms with Gasteiger partial charge in [0, 0.05) is 11.1 Å². The Morgan fingerprint density at radius 1 is 1.30 bits per heavy atom. The van der Waals surface area contributed by atoms with Crippen LogP contribution in [0.15, 0.2) is 42.5 Å². The summed E-state index contributed by atoms with van der Waals surface area (Å²) in [5, 5.41) is 3.53. The van der Waals surface area contributed by atoms with Crippen molar-refractivity contribution in [2.24, 2.45) is 5.73 Å². The van der Waals surface area contributed by atoms with Gasteiger partial charge in [-0.1, -0.05) is 29.8 Å². The minimum atomic E-state index is -0.539. The Morgan fingerprint density at radius 2 is 2.00 bits per heavy atom. The summed E-state index contributed by atoms with van der Waals surface area (Å²) < 4.78 is 13.7. The SMILES string of the molecule is CC(Nc1cc(C(N)=O)ccc1Cl)c1ccccc1F. The average Bonchev–Trinajstić information content (AvgIpc) is 2.41. The van der Waals surface area contributed by atoms with Crippen LogP contribution in [-0.4, -0.2) is 5.91 Å². The lowest BCUT2D eigenvalue weighted by atomic mass is 10.1. The first-order chi connectivity index (χ1) is 9.49. The monoisotopic (exact) mass is 292 g/mol. The van der Waals surface area contributed by atoms with Crippen LogP contribution in [0.4, 0.5) is 10.1 Å². The van der Waals surface area contributed by atoms with Crippen molar-refractivity contribution in [1.82, 2.24) is 0 Å². The molecule has 2 rings (SSSR count). The molecule has 0 saturated carbocycles. The van der Waals surface area contributed by atoms with E-state index in [0.29, 0.717) is 21.8 Å². The lowest BCUT2D eigenvalue weighted by molar-refractivity contribution is 0.100. The van der Waals surface area contributed by atoms with E-state index in [-0.39, 0.29) is 11.9 Å². The topological polar surface area (TPSA) is 55.1 Å². The fourth-order valence-electron chi connectivity index (χ4n) is 1.93. The van der Waals surface area contributed by atoms with E-state index in [4.69, 9.17) is 17.3 Å². The quantitative estimate of drug-likeness (QED) is 0.901. The number of hydrogen-bond donors (Lipinski definition) is 2. The van der Waals surface area contributed by atoms with Gasteiger partial charge in [0.15, 0.2) is 0 Å². The number of nitrogens with two attached hydrogens (primary N) is 1. The lowest BCUT2D eigenvalue weighted by Gasteiger charge is -2.17. The molecule has 2 aromatic carbocycles. The summed E-state index contributed by atoms with van der Waals surface area (Å²) in [5.74, 6) is -0.835. The Kier molecular flexibility index (Phi) is 4.25. The lowest BCUT2D eigenvalue weighted by Crippen LogP contribution is -2.13. The van der Waals surface area contributed by atoms with Gasteiger partial charge in [-0.25, -0.2) is 4.39 Å². The second kappa shape index (κ2) is 5.92. The molecule has 0 bridgehead atoms. The molecular formula is C15H14ClFN2O. The molecule has 104 valence electrons. The molecule has 0 fully saturated rings. The van der Waals surface area contributed by atoms with Crippen molar-refractivity contribution in [3.05, 3.63) is 64.4 Å². The van der Waals surface area contributed by atoms with Gasteiger partial charge in [-0.3, -0.25) is 4.79 Å². The second-order valence-corrected chi connectivity index (χ2v) is 4.85. The molecule has 0 aliphatic heterocycles. The Balaban J connectivity index is 2.28. The zero-order valence-corrected chi connectivity index (χ0v) is 11.6. The fourth-order valence-corrected chi connectivity index (χ4v) is 2.10. The Hall–Kier alpha value is -2.07. The van der Waals surface area contributed by atoms with Crippen molar-refractivity contribution < 1.29 is 9.18 Å². The van der Waals surface area contributed by atoms with E-state index in [9.17, 15) is 9.18 Å². The standard InChI is InChI=1S/C15H14ClFN2O/c1-9(11-4-2-3-5-13(11)17)19-14-8-10(15(18)20)6-7-12(14)16/h2-9,19H,1H3,(H2,18,20). The first-order valence-electron chi connectivity index (χ1n) is 6.09. The predicted molar refractivity (Wildman–Crippen MR) is 78.4 cm³/mol. The van der Waals surface area contributed by atoms with Gasteiger partial charge in [0.25, 0.3) is 0 Å². The molecule has 20 heavy (non-hydrogen) atoms. The number of hydrogen-bond acceptors (Lipinski definition) is 2. The van der Waals surface area contributed by atoms with Crippen LogP contribution < -0.4 is 11.1 Å². The van der Waals surface area contributed by atoms with E-state index >= 15 is 0 Å². The highest BCUT2D eigenvalue weighted by atomic mass is 35.5. The van der Waals surface area contributed by atoms with Crippen molar-refractivity contribution in [2.45, 2.75) is 13.0 Å². The number of nitrogens with one attached hydrogen (secondary N) is 1. The molecule has 0 aromatic heterocycles. The van der Waals surface area contributed by atoms with Crippen LogP contribution in [0.2, 0.25) is 5.02 Å². The van der Waals surface area contributed by atoms with Crippen LogP contribution in [0.5, 0.6) is 0 Å². The number of carbonyl (C=O) groups is 1. The average molecular weight is 293 g/mol. The number of halogens is 2. The highest BCUT2D eigenvalue weighted by Gasteiger charge is 2.12. The maximum Gasteiger partial charge on any atom is 0.248 e. The predicted octanol–water partition coefficient (Wildman–Crippen LogP) is 3.75. The number of amides is 1. The molecule has 1 unspecified atom stereocenters. The molecule has 5 heteroatoms. The third-order valence-corrected chi connectivity index (χ3v) is 3.32. The molecule has 0 aliphatic carbocycles. The van der Waals surface area contributed by atoms with Gasteiger partial charge >= 0.3 is 0 Å². The molecule has 3 N–H and O–H groups in total. The summed E-state index contributed by atoms with van der Waals surface area (Å²) in [6, 6.07) is 10.9. The van der Waals surface area contributed by atoms with Gasteiger partial charge in [0.05, 0.1) is 16.8 Å². The largest absolute Gasteiger partial charge is 0.377 e. The van der Waals surface area contributed by atoms with Crippen molar-refractivity contribution >= 4 is 23.2 Å². The Bertz CT molecular complexity index is 646. The van der Waals surface area contributed by atoms with E-state index in [1.807, 2.05) is 6.92 Å². The van der Waals surface area contributed by atoms with Gasteiger partial charge in [0.2, 0.25) is 5.91 Å². The molecule has 2 aromatic rings. The highest BCUT2D eigenvalue weighted by Crippen LogP contribution is 2.28. The number of anilines is 1. The highest BCUT2D eigenvalue weighted by molar-refractivity contribution is 6.33. The molecule has 0 spiro atoms. The Labute approximate surface area is 121 Å². The van der Waals surface area contributed by atoms with Gasteiger partial charge in [-0.2, -0.15) is 0 Å². The number of benzene rings is 2. The molecular weight excluding hydrogens is 279 g/mol. The van der Waals surface area contributed by atoms with Crippen LogP contribution in [0.3, 0.4) is 0 Å². The Morgan fingerprint density at radius 3 is 2.65 bits per heavy atom. The van der Waals surface area contributed by atoms with Crippen LogP contribution in [0, 0.1) is 5.82 Å². The fraction of sp³-hybridized carbons (Fsp3) is 0.133. The van der Waals surface area contributed by atoms with Gasteiger partial charge in [0.1, 0.15) is 5.82 Å². The number of rotatable bonds is 4. The second-order valence-electron chi connectivity index (χ2n) is 4.45. The first-order valence-corrected chi connectivity index (χ1v) is 6.47. The van der Waals surface area contributed by atoms with Crippen LogP contribution in [0.1, 0.15) is 28.9 Å². The molecule has 1 atom stereocenters. The summed E-state index contributed by atoms with van der Waals surface area (Å²) in [6.07, 6.45) is 0. The van der Waals surface area contributed by atoms with Gasteiger partial charge in [-0.15, -0.1) is 0 Å². The molecule has 3 nitrogen and oxygen atoms in total. The zero-order chi connectivity index (χ0) is 14.7. The molecule has 0 radical (unpaired) electrons. The summed E-state index contributed by atoms with van der Waals surface area (Å²) in [7, 11) is 0. The molecule has 0 saturated heterocycles. The van der Waals surface area contributed by atoms with Crippen LogP contribution >= 0.6 is 11.6 Å². The van der Waals surface area contributed by atoms with E-state index in [0.717, 1.165) is 0 Å². The van der Waals surface area contributed by atoms with Crippen molar-refractivity contribution in [3.63, 3.8) is 0 Å². The normalized spacial score (nSPS) is 11.9. The maximum atomic E-state index is 13.7. The summed E-state index contributed by atoms with van der Waals surface area (Å²) in [5.41, 5.74) is 6.64. The molecule has 0 heterocycles. The van der Waals surface area contributed by atoms with Crippen molar-refractivity contribution in [3.8, 4) is 0 Å². The number of carbonyl (C=O) groups excluding carboxylic acids is 1. The third-order valence-electron chi connectivity index (χ3n) is 2.99. The minimum absolute atomic E-state index is 0.295. The van der Waals surface area contributed by atoms with E-state index < -0.39 is 5.91 Å². The van der Waals surface area contributed by atoms with Crippen molar-refractivity contribution in [1.29, 1.82) is 0 Å². The maximum absolute atomic E-state index is 13.7. The zero-order valence-electron chi connectivity index (χ0n) is 10.9. The third kappa shape index (κ3) is 3.08. The minimum Gasteiger partial charge on any atom is -0.377 e. The first kappa shape index (κ1) is 14.3. The molecule has 1 amide bonds. The van der Waals surface area contributed by atoms with Crippen molar-refractivity contribution in [2.75, 3.05) is 5.32 Å². The number of primary amides is 1. The van der Waals surface area contributed by atoms with Crippen LogP contribution in [0.25, 0.3) is 0 Å². The van der Waals surface area contributed by atoms with E-state index in [1.54, 1.807) is 36.4 Å². The van der Waals surface area contributed by atoms with E-state index in [2.05, 4.69) is 5.32 Å². The molecule has 0 aliphatic rings. The van der Waals surface area contributed by atoms with Gasteiger partial charge < -0.3 is 11.1 Å². The summed E-state index contributed by atoms with van der Waals surface area (Å²) in [4.78, 5) is 11.2. The summed E-state index contributed by atoms with van der Waals surface area (Å²) >= 11 is 6.06.